The van der Waals surface area contributed by atoms with Gasteiger partial charge in [-0.1, -0.05) is 6.92 Å². The van der Waals surface area contributed by atoms with Crippen LogP contribution in [0.3, 0.4) is 0 Å². The molecule has 0 bridgehead atoms. The number of thiazole rings is 1. The summed E-state index contributed by atoms with van der Waals surface area (Å²) >= 11 is 4.83. The highest BCUT2D eigenvalue weighted by atomic mass is 79.9. The van der Waals surface area contributed by atoms with Gasteiger partial charge in [0, 0.05) is 6.54 Å². The molecular formula is C12H14BrN3OS. The Hall–Kier alpha value is -1.01. The van der Waals surface area contributed by atoms with Crippen LogP contribution >= 0.6 is 27.3 Å². The molecule has 0 aliphatic heterocycles. The Labute approximate surface area is 118 Å². The first-order valence-corrected chi connectivity index (χ1v) is 7.35. The fraction of sp³-hybridized carbons (Fsp3) is 0.417. The number of halogens is 1. The molecule has 0 radical (unpaired) electrons. The van der Waals surface area contributed by atoms with Gasteiger partial charge in [0.1, 0.15) is 5.69 Å². The highest BCUT2D eigenvalue weighted by Crippen LogP contribution is 2.25. The maximum atomic E-state index is 12.5. The number of hydrogen-bond acceptors (Lipinski definition) is 4. The fourth-order valence-electron chi connectivity index (χ4n) is 1.82. The summed E-state index contributed by atoms with van der Waals surface area (Å²) in [7, 11) is 0. The first-order valence-electron chi connectivity index (χ1n) is 5.74. The minimum atomic E-state index is -0.00377. The van der Waals surface area contributed by atoms with E-state index in [0.717, 1.165) is 28.1 Å². The molecule has 0 aliphatic carbocycles. The molecule has 0 amide bonds. The largest absolute Gasteiger partial charge is 0.286 e. The summed E-state index contributed by atoms with van der Waals surface area (Å²) < 4.78 is 2.49. The lowest BCUT2D eigenvalue weighted by molar-refractivity contribution is 0.103. The molecule has 0 unspecified atom stereocenters. The number of hydrogen-bond donors (Lipinski definition) is 0. The SMILES string of the molecule is CCCn1ncc(Br)c1C(=O)c1sc(C)nc1C. The standard InChI is InChI=1S/C12H14BrN3OS/c1-4-5-16-10(9(13)6-14-16)11(17)12-7(2)15-8(3)18-12/h6H,4-5H2,1-3H3. The van der Waals surface area contributed by atoms with Crippen molar-refractivity contribution in [3.8, 4) is 0 Å². The second-order valence-corrected chi connectivity index (χ2v) is 6.10. The minimum Gasteiger partial charge on any atom is -0.286 e. The molecule has 0 saturated carbocycles. The lowest BCUT2D eigenvalue weighted by atomic mass is 10.2. The van der Waals surface area contributed by atoms with E-state index in [1.165, 1.54) is 11.3 Å². The van der Waals surface area contributed by atoms with Crippen LogP contribution in [0.5, 0.6) is 0 Å². The quantitative estimate of drug-likeness (QED) is 0.809. The van der Waals surface area contributed by atoms with Crippen molar-refractivity contribution in [2.75, 3.05) is 0 Å². The highest BCUT2D eigenvalue weighted by molar-refractivity contribution is 9.10. The van der Waals surface area contributed by atoms with Gasteiger partial charge < -0.3 is 0 Å². The van der Waals surface area contributed by atoms with Gasteiger partial charge in [0.05, 0.1) is 26.2 Å². The topological polar surface area (TPSA) is 47.8 Å². The molecule has 18 heavy (non-hydrogen) atoms. The number of ketones is 1. The summed E-state index contributed by atoms with van der Waals surface area (Å²) in [5, 5.41) is 5.13. The van der Waals surface area contributed by atoms with E-state index >= 15 is 0 Å². The third-order valence-corrected chi connectivity index (χ3v) is 4.21. The summed E-state index contributed by atoms with van der Waals surface area (Å²) in [4.78, 5) is 17.5. The number of aromatic nitrogens is 3. The predicted molar refractivity (Wildman–Crippen MR) is 75.2 cm³/mol. The molecule has 2 aromatic rings. The predicted octanol–water partition coefficient (Wildman–Crippen LogP) is 3.36. The van der Waals surface area contributed by atoms with Crippen molar-refractivity contribution in [2.24, 2.45) is 0 Å². The first kappa shape index (κ1) is 13.4. The molecule has 0 spiro atoms. The number of nitrogens with zero attached hydrogens (tertiary/aromatic N) is 3. The number of carbonyl (C=O) groups excluding carboxylic acids is 1. The third-order valence-electron chi connectivity index (χ3n) is 2.56. The summed E-state index contributed by atoms with van der Waals surface area (Å²) in [6.07, 6.45) is 2.61. The number of aryl methyl sites for hydroxylation is 3. The summed E-state index contributed by atoms with van der Waals surface area (Å²) in [6, 6.07) is 0. The van der Waals surface area contributed by atoms with Crippen molar-refractivity contribution in [1.82, 2.24) is 14.8 Å². The van der Waals surface area contributed by atoms with Gasteiger partial charge in [0.25, 0.3) is 0 Å². The van der Waals surface area contributed by atoms with Crippen LogP contribution in [0.15, 0.2) is 10.7 Å². The lowest BCUT2D eigenvalue weighted by Crippen LogP contribution is -2.12. The van der Waals surface area contributed by atoms with Gasteiger partial charge in [-0.15, -0.1) is 11.3 Å². The Morgan fingerprint density at radius 3 is 2.78 bits per heavy atom. The lowest BCUT2D eigenvalue weighted by Gasteiger charge is -2.05. The molecule has 96 valence electrons. The molecule has 0 saturated heterocycles. The highest BCUT2D eigenvalue weighted by Gasteiger charge is 2.22. The summed E-state index contributed by atoms with van der Waals surface area (Å²) in [6.45, 7) is 6.58. The monoisotopic (exact) mass is 327 g/mol. The van der Waals surface area contributed by atoms with Crippen LogP contribution in [0.1, 0.15) is 39.4 Å². The Morgan fingerprint density at radius 2 is 2.22 bits per heavy atom. The van der Waals surface area contributed by atoms with Crippen molar-refractivity contribution in [3.63, 3.8) is 0 Å². The minimum absolute atomic E-state index is 0.00377. The zero-order chi connectivity index (χ0) is 13.3. The van der Waals surface area contributed by atoms with Gasteiger partial charge in [-0.25, -0.2) is 4.98 Å². The van der Waals surface area contributed by atoms with Crippen LogP contribution in [0.25, 0.3) is 0 Å². The zero-order valence-corrected chi connectivity index (χ0v) is 12.9. The Kier molecular flexibility index (Phi) is 3.97. The molecule has 0 aromatic carbocycles. The van der Waals surface area contributed by atoms with Crippen molar-refractivity contribution in [2.45, 2.75) is 33.7 Å². The molecular weight excluding hydrogens is 314 g/mol. The first-order chi connectivity index (χ1) is 8.54. The van der Waals surface area contributed by atoms with E-state index in [-0.39, 0.29) is 5.78 Å². The average Bonchev–Trinajstić information content (AvgIpc) is 2.82. The van der Waals surface area contributed by atoms with Crippen LogP contribution in [0, 0.1) is 13.8 Å². The summed E-state index contributed by atoms with van der Waals surface area (Å²) in [5.41, 5.74) is 1.40. The number of carbonyl (C=O) groups is 1. The van der Waals surface area contributed by atoms with Crippen LogP contribution < -0.4 is 0 Å². The zero-order valence-electron chi connectivity index (χ0n) is 10.5. The van der Waals surface area contributed by atoms with Gasteiger partial charge in [0.15, 0.2) is 0 Å². The van der Waals surface area contributed by atoms with Gasteiger partial charge in [-0.3, -0.25) is 9.48 Å². The molecule has 4 nitrogen and oxygen atoms in total. The molecule has 6 heteroatoms. The van der Waals surface area contributed by atoms with Crippen molar-refractivity contribution >= 4 is 33.0 Å². The molecule has 2 heterocycles. The Bertz CT molecular complexity index is 588. The maximum Gasteiger partial charge on any atom is 0.224 e. The van der Waals surface area contributed by atoms with E-state index in [1.54, 1.807) is 10.9 Å². The molecule has 0 fully saturated rings. The van der Waals surface area contributed by atoms with Gasteiger partial charge in [-0.05, 0) is 36.2 Å². The Morgan fingerprint density at radius 1 is 1.50 bits per heavy atom. The van der Waals surface area contributed by atoms with E-state index in [4.69, 9.17) is 0 Å². The second-order valence-electron chi connectivity index (χ2n) is 4.04. The normalized spacial score (nSPS) is 10.9. The Balaban J connectivity index is 2.45. The number of rotatable bonds is 4. The van der Waals surface area contributed by atoms with Crippen LogP contribution in [-0.4, -0.2) is 20.5 Å². The van der Waals surface area contributed by atoms with E-state index in [9.17, 15) is 4.79 Å². The van der Waals surface area contributed by atoms with Crippen LogP contribution in [0.4, 0.5) is 0 Å². The van der Waals surface area contributed by atoms with Gasteiger partial charge >= 0.3 is 0 Å². The fourth-order valence-corrected chi connectivity index (χ4v) is 3.16. The molecule has 0 atom stereocenters. The molecule has 2 aromatic heterocycles. The van der Waals surface area contributed by atoms with E-state index in [0.29, 0.717) is 10.6 Å². The molecule has 2 rings (SSSR count). The maximum absolute atomic E-state index is 12.5. The van der Waals surface area contributed by atoms with Gasteiger partial charge in [-0.2, -0.15) is 5.10 Å². The van der Waals surface area contributed by atoms with E-state index in [1.807, 2.05) is 13.8 Å². The van der Waals surface area contributed by atoms with E-state index < -0.39 is 0 Å². The van der Waals surface area contributed by atoms with Crippen molar-refractivity contribution < 1.29 is 4.79 Å². The van der Waals surface area contributed by atoms with Gasteiger partial charge in [0.2, 0.25) is 5.78 Å². The van der Waals surface area contributed by atoms with E-state index in [2.05, 4.69) is 32.9 Å². The van der Waals surface area contributed by atoms with Crippen molar-refractivity contribution in [3.05, 3.63) is 31.9 Å². The molecule has 0 aliphatic rings. The second kappa shape index (κ2) is 5.32. The van der Waals surface area contributed by atoms with Crippen LogP contribution in [0.2, 0.25) is 0 Å². The van der Waals surface area contributed by atoms with Crippen LogP contribution in [-0.2, 0) is 6.54 Å². The average molecular weight is 328 g/mol. The van der Waals surface area contributed by atoms with Crippen molar-refractivity contribution in [1.29, 1.82) is 0 Å². The third kappa shape index (κ3) is 2.40. The summed E-state index contributed by atoms with van der Waals surface area (Å²) in [5.74, 6) is -0.00377. The molecule has 0 N–H and O–H groups in total. The smallest absolute Gasteiger partial charge is 0.224 e.